The average molecular weight is 320 g/mol. The molecular formula is C13H18F2N2O3S. The van der Waals surface area contributed by atoms with Gasteiger partial charge in [0, 0.05) is 25.4 Å². The second-order valence-electron chi connectivity index (χ2n) is 4.90. The lowest BCUT2D eigenvalue weighted by molar-refractivity contribution is 0.0264. The zero-order valence-corrected chi connectivity index (χ0v) is 12.5. The summed E-state index contributed by atoms with van der Waals surface area (Å²) in [6.07, 6.45) is 1.06. The third-order valence-corrected chi connectivity index (χ3v) is 5.28. The molecule has 1 atom stereocenters. The topological polar surface area (TPSA) is 72.6 Å². The van der Waals surface area contributed by atoms with Gasteiger partial charge in [-0.25, -0.2) is 17.2 Å². The Labute approximate surface area is 122 Å². The molecule has 0 amide bonds. The number of piperidine rings is 1. The minimum atomic E-state index is -4.24. The molecule has 0 spiro atoms. The van der Waals surface area contributed by atoms with Crippen LogP contribution >= 0.6 is 0 Å². The van der Waals surface area contributed by atoms with Crippen LogP contribution in [0.4, 0.5) is 14.5 Å². The first-order valence-corrected chi connectivity index (χ1v) is 8.16. The lowest BCUT2D eigenvalue weighted by Gasteiger charge is -2.31. The Kier molecular flexibility index (Phi) is 4.80. The van der Waals surface area contributed by atoms with Crippen LogP contribution in [0.3, 0.4) is 0 Å². The van der Waals surface area contributed by atoms with Gasteiger partial charge < -0.3 is 10.5 Å². The normalized spacial score (nSPS) is 20.6. The van der Waals surface area contributed by atoms with Crippen LogP contribution in [0.15, 0.2) is 17.0 Å². The van der Waals surface area contributed by atoms with Crippen molar-refractivity contribution in [1.29, 1.82) is 0 Å². The average Bonchev–Trinajstić information content (AvgIpc) is 2.37. The van der Waals surface area contributed by atoms with Crippen LogP contribution in [-0.2, 0) is 14.8 Å². The summed E-state index contributed by atoms with van der Waals surface area (Å²) in [5, 5.41) is 0. The van der Waals surface area contributed by atoms with Crippen LogP contribution in [-0.4, -0.2) is 38.5 Å². The maximum atomic E-state index is 13.9. The number of nitrogens with zero attached hydrogens (tertiary/aromatic N) is 1. The van der Waals surface area contributed by atoms with Gasteiger partial charge in [-0.05, 0) is 31.9 Å². The molecule has 0 saturated carbocycles. The monoisotopic (exact) mass is 320 g/mol. The van der Waals surface area contributed by atoms with Crippen molar-refractivity contribution in [3.8, 4) is 0 Å². The molecule has 0 aliphatic carbocycles. The maximum Gasteiger partial charge on any atom is 0.249 e. The molecule has 1 aliphatic heterocycles. The standard InChI is InChI=1S/C13H18F2N2O3S/c1-2-20-10-4-3-5-17(8-10)21(18,19)13-11(14)6-9(16)7-12(13)15/h6-7,10H,2-5,8,16H2,1H3. The highest BCUT2D eigenvalue weighted by Gasteiger charge is 2.34. The van der Waals surface area contributed by atoms with Crippen molar-refractivity contribution in [2.45, 2.75) is 30.8 Å². The lowest BCUT2D eigenvalue weighted by Crippen LogP contribution is -2.43. The molecule has 0 aromatic heterocycles. The number of hydrogen-bond donors (Lipinski definition) is 1. The van der Waals surface area contributed by atoms with Gasteiger partial charge in [-0.1, -0.05) is 0 Å². The summed E-state index contributed by atoms with van der Waals surface area (Å²) < 4.78 is 59.1. The molecule has 0 bridgehead atoms. The van der Waals surface area contributed by atoms with Crippen LogP contribution in [0, 0.1) is 11.6 Å². The fourth-order valence-electron chi connectivity index (χ4n) is 2.45. The Bertz CT molecular complexity index is 597. The molecule has 118 valence electrons. The zero-order valence-electron chi connectivity index (χ0n) is 11.7. The summed E-state index contributed by atoms with van der Waals surface area (Å²) in [7, 11) is -4.24. The van der Waals surface area contributed by atoms with Crippen LogP contribution in [0.5, 0.6) is 0 Å². The summed E-state index contributed by atoms with van der Waals surface area (Å²) in [6, 6.07) is 1.61. The number of benzene rings is 1. The predicted molar refractivity (Wildman–Crippen MR) is 74.2 cm³/mol. The first kappa shape index (κ1) is 16.1. The molecule has 8 heteroatoms. The van der Waals surface area contributed by atoms with E-state index < -0.39 is 26.6 Å². The second-order valence-corrected chi connectivity index (χ2v) is 6.77. The van der Waals surface area contributed by atoms with Crippen molar-refractivity contribution in [3.63, 3.8) is 0 Å². The molecule has 1 aromatic rings. The van der Waals surface area contributed by atoms with Crippen molar-refractivity contribution in [3.05, 3.63) is 23.8 Å². The first-order valence-electron chi connectivity index (χ1n) is 6.72. The lowest BCUT2D eigenvalue weighted by atomic mass is 10.1. The molecule has 1 aliphatic rings. The number of hydrogen-bond acceptors (Lipinski definition) is 4. The van der Waals surface area contributed by atoms with E-state index in [2.05, 4.69) is 0 Å². The van der Waals surface area contributed by atoms with E-state index in [0.717, 1.165) is 22.9 Å². The Morgan fingerprint density at radius 2 is 2.00 bits per heavy atom. The van der Waals surface area contributed by atoms with Gasteiger partial charge in [-0.15, -0.1) is 0 Å². The van der Waals surface area contributed by atoms with Crippen LogP contribution in [0.2, 0.25) is 0 Å². The zero-order chi connectivity index (χ0) is 15.6. The van der Waals surface area contributed by atoms with Crippen LogP contribution < -0.4 is 5.73 Å². The number of sulfonamides is 1. The summed E-state index contributed by atoms with van der Waals surface area (Å²) in [4.78, 5) is -0.950. The Morgan fingerprint density at radius 3 is 2.57 bits per heavy atom. The van der Waals surface area contributed by atoms with E-state index in [1.54, 1.807) is 0 Å². The molecule has 2 rings (SSSR count). The highest BCUT2D eigenvalue weighted by Crippen LogP contribution is 2.27. The molecule has 2 N–H and O–H groups in total. The van der Waals surface area contributed by atoms with Crippen molar-refractivity contribution < 1.29 is 21.9 Å². The van der Waals surface area contributed by atoms with E-state index in [1.807, 2.05) is 6.92 Å². The third kappa shape index (κ3) is 3.33. The van der Waals surface area contributed by atoms with Crippen molar-refractivity contribution >= 4 is 15.7 Å². The molecule has 1 heterocycles. The molecular weight excluding hydrogens is 302 g/mol. The SMILES string of the molecule is CCOC1CCCN(S(=O)(=O)c2c(F)cc(N)cc2F)C1. The van der Waals surface area contributed by atoms with E-state index in [4.69, 9.17) is 10.5 Å². The second kappa shape index (κ2) is 6.25. The molecule has 21 heavy (non-hydrogen) atoms. The van der Waals surface area contributed by atoms with Gasteiger partial charge >= 0.3 is 0 Å². The van der Waals surface area contributed by atoms with E-state index >= 15 is 0 Å². The number of anilines is 1. The van der Waals surface area contributed by atoms with E-state index in [-0.39, 0.29) is 24.9 Å². The number of rotatable bonds is 4. The highest BCUT2D eigenvalue weighted by molar-refractivity contribution is 7.89. The fourth-order valence-corrected chi connectivity index (χ4v) is 4.05. The molecule has 1 saturated heterocycles. The van der Waals surface area contributed by atoms with Crippen molar-refractivity contribution in [1.82, 2.24) is 4.31 Å². The molecule has 1 aromatic carbocycles. The van der Waals surface area contributed by atoms with Gasteiger partial charge in [-0.2, -0.15) is 4.31 Å². The third-order valence-electron chi connectivity index (χ3n) is 3.36. The molecule has 0 radical (unpaired) electrons. The van der Waals surface area contributed by atoms with Crippen molar-refractivity contribution in [2.75, 3.05) is 25.4 Å². The van der Waals surface area contributed by atoms with E-state index in [0.29, 0.717) is 13.0 Å². The maximum absolute atomic E-state index is 13.9. The minimum absolute atomic E-state index is 0.0967. The number of nitrogens with two attached hydrogens (primary N) is 1. The van der Waals surface area contributed by atoms with E-state index in [1.165, 1.54) is 0 Å². The molecule has 1 unspecified atom stereocenters. The van der Waals surface area contributed by atoms with Gasteiger partial charge in [0.05, 0.1) is 6.10 Å². The quantitative estimate of drug-likeness (QED) is 0.858. The Balaban J connectivity index is 2.34. The largest absolute Gasteiger partial charge is 0.399 e. The van der Waals surface area contributed by atoms with Gasteiger partial charge in [0.1, 0.15) is 11.6 Å². The van der Waals surface area contributed by atoms with Gasteiger partial charge in [0.25, 0.3) is 0 Å². The number of nitrogen functional groups attached to an aromatic ring is 1. The Hall–Kier alpha value is -1.25. The number of halogens is 2. The van der Waals surface area contributed by atoms with Gasteiger partial charge in [0.2, 0.25) is 10.0 Å². The molecule has 5 nitrogen and oxygen atoms in total. The van der Waals surface area contributed by atoms with Gasteiger partial charge in [0.15, 0.2) is 4.90 Å². The summed E-state index contributed by atoms with van der Waals surface area (Å²) >= 11 is 0. The van der Waals surface area contributed by atoms with Crippen molar-refractivity contribution in [2.24, 2.45) is 0 Å². The summed E-state index contributed by atoms with van der Waals surface area (Å²) in [5.74, 6) is -2.35. The van der Waals surface area contributed by atoms with Crippen LogP contribution in [0.25, 0.3) is 0 Å². The first-order chi connectivity index (χ1) is 9.86. The summed E-state index contributed by atoms with van der Waals surface area (Å²) in [6.45, 7) is 2.59. The Morgan fingerprint density at radius 1 is 1.38 bits per heavy atom. The predicted octanol–water partition coefficient (Wildman–Crippen LogP) is 1.74. The smallest absolute Gasteiger partial charge is 0.249 e. The molecule has 1 fully saturated rings. The van der Waals surface area contributed by atoms with Crippen LogP contribution in [0.1, 0.15) is 19.8 Å². The highest BCUT2D eigenvalue weighted by atomic mass is 32.2. The van der Waals surface area contributed by atoms with Gasteiger partial charge in [-0.3, -0.25) is 0 Å². The van der Waals surface area contributed by atoms with E-state index in [9.17, 15) is 17.2 Å². The number of ether oxygens (including phenoxy) is 1. The minimum Gasteiger partial charge on any atom is -0.399 e. The fraction of sp³-hybridized carbons (Fsp3) is 0.538. The summed E-state index contributed by atoms with van der Waals surface area (Å²) in [5.41, 5.74) is 5.15.